The van der Waals surface area contributed by atoms with Crippen LogP contribution in [0.2, 0.25) is 0 Å². The van der Waals surface area contributed by atoms with E-state index in [4.69, 9.17) is 10.8 Å². The fraction of sp³-hybridized carbons (Fsp3) is 0.600. The van der Waals surface area contributed by atoms with E-state index in [1.165, 1.54) is 11.3 Å². The van der Waals surface area contributed by atoms with Crippen molar-refractivity contribution >= 4 is 22.4 Å². The number of amides is 1. The predicted molar refractivity (Wildman–Crippen MR) is 62.2 cm³/mol. The van der Waals surface area contributed by atoms with Crippen molar-refractivity contribution in [3.8, 4) is 0 Å². The van der Waals surface area contributed by atoms with Crippen LogP contribution in [0.25, 0.3) is 0 Å². The lowest BCUT2D eigenvalue weighted by atomic mass is 9.98. The molecule has 1 saturated heterocycles. The summed E-state index contributed by atoms with van der Waals surface area (Å²) in [7, 11) is 0. The number of anilines is 1. The van der Waals surface area contributed by atoms with Crippen LogP contribution in [0.3, 0.4) is 0 Å². The quantitative estimate of drug-likeness (QED) is 0.793. The first-order chi connectivity index (χ1) is 7.70. The Labute approximate surface area is 97.9 Å². The number of hydrogen-bond acceptors (Lipinski definition) is 5. The van der Waals surface area contributed by atoms with Crippen molar-refractivity contribution in [1.82, 2.24) is 9.88 Å². The zero-order valence-corrected chi connectivity index (χ0v) is 9.74. The molecule has 0 saturated carbocycles. The second-order valence-corrected chi connectivity index (χ2v) is 4.88. The first-order valence-corrected chi connectivity index (χ1v) is 6.20. The van der Waals surface area contributed by atoms with E-state index in [1.807, 2.05) is 0 Å². The van der Waals surface area contributed by atoms with Crippen molar-refractivity contribution in [3.63, 3.8) is 0 Å². The molecule has 0 aromatic carbocycles. The molecule has 3 N–H and O–H groups in total. The SMILES string of the molecule is Nc1nc(C(=O)N2CCC(CO)CC2)cs1. The molecule has 1 aliphatic rings. The number of carbonyl (C=O) groups excluding carboxylic acids is 1. The molecule has 0 spiro atoms. The Bertz CT molecular complexity index is 372. The van der Waals surface area contributed by atoms with Gasteiger partial charge in [-0.1, -0.05) is 0 Å². The first-order valence-electron chi connectivity index (χ1n) is 5.32. The van der Waals surface area contributed by atoms with E-state index in [9.17, 15) is 4.79 Å². The Morgan fingerprint density at radius 2 is 2.31 bits per heavy atom. The lowest BCUT2D eigenvalue weighted by Gasteiger charge is -2.30. The molecule has 0 radical (unpaired) electrons. The largest absolute Gasteiger partial charge is 0.396 e. The number of aliphatic hydroxyl groups is 1. The third kappa shape index (κ3) is 2.33. The molecule has 2 heterocycles. The lowest BCUT2D eigenvalue weighted by molar-refractivity contribution is 0.0646. The molecule has 1 aromatic heterocycles. The summed E-state index contributed by atoms with van der Waals surface area (Å²) in [5.41, 5.74) is 5.93. The van der Waals surface area contributed by atoms with E-state index in [2.05, 4.69) is 4.98 Å². The van der Waals surface area contributed by atoms with Gasteiger partial charge < -0.3 is 15.7 Å². The van der Waals surface area contributed by atoms with Gasteiger partial charge in [0, 0.05) is 25.1 Å². The van der Waals surface area contributed by atoms with Crippen LogP contribution in [-0.2, 0) is 0 Å². The minimum Gasteiger partial charge on any atom is -0.396 e. The summed E-state index contributed by atoms with van der Waals surface area (Å²) < 4.78 is 0. The number of piperidine rings is 1. The summed E-state index contributed by atoms with van der Waals surface area (Å²) in [6, 6.07) is 0. The van der Waals surface area contributed by atoms with Crippen molar-refractivity contribution in [2.45, 2.75) is 12.8 Å². The number of hydrogen-bond donors (Lipinski definition) is 2. The van der Waals surface area contributed by atoms with Crippen LogP contribution in [0.1, 0.15) is 23.3 Å². The average Bonchev–Trinajstić information content (AvgIpc) is 2.75. The van der Waals surface area contributed by atoms with Gasteiger partial charge in [-0.25, -0.2) is 4.98 Å². The van der Waals surface area contributed by atoms with Gasteiger partial charge in [0.15, 0.2) is 5.13 Å². The summed E-state index contributed by atoms with van der Waals surface area (Å²) >= 11 is 1.28. The van der Waals surface area contributed by atoms with Gasteiger partial charge in [-0.2, -0.15) is 0 Å². The molecular formula is C10H15N3O2S. The smallest absolute Gasteiger partial charge is 0.273 e. The van der Waals surface area contributed by atoms with Crippen molar-refractivity contribution in [2.75, 3.05) is 25.4 Å². The third-order valence-electron chi connectivity index (χ3n) is 2.90. The maximum absolute atomic E-state index is 12.0. The highest BCUT2D eigenvalue weighted by molar-refractivity contribution is 7.13. The minimum atomic E-state index is -0.0515. The Kier molecular flexibility index (Phi) is 3.40. The maximum atomic E-state index is 12.0. The molecule has 88 valence electrons. The summed E-state index contributed by atoms with van der Waals surface area (Å²) in [6.45, 7) is 1.61. The molecule has 1 aromatic rings. The summed E-state index contributed by atoms with van der Waals surface area (Å²) in [4.78, 5) is 17.7. The first kappa shape index (κ1) is 11.3. The van der Waals surface area contributed by atoms with Gasteiger partial charge in [-0.3, -0.25) is 4.79 Å². The number of nitrogen functional groups attached to an aromatic ring is 1. The normalized spacial score (nSPS) is 17.7. The minimum absolute atomic E-state index is 0.0515. The van der Waals surface area contributed by atoms with Gasteiger partial charge in [0.2, 0.25) is 0 Å². The highest BCUT2D eigenvalue weighted by Crippen LogP contribution is 2.19. The summed E-state index contributed by atoms with van der Waals surface area (Å²) in [5.74, 6) is 0.286. The molecule has 1 aliphatic heterocycles. The lowest BCUT2D eigenvalue weighted by Crippen LogP contribution is -2.39. The standard InChI is InChI=1S/C10H15N3O2S/c11-10-12-8(6-16-10)9(15)13-3-1-7(5-14)2-4-13/h6-7,14H,1-5H2,(H2,11,12). The van der Waals surface area contributed by atoms with Gasteiger partial charge in [-0.15, -0.1) is 11.3 Å². The van der Waals surface area contributed by atoms with E-state index in [0.717, 1.165) is 12.8 Å². The van der Waals surface area contributed by atoms with Crippen LogP contribution < -0.4 is 5.73 Å². The van der Waals surface area contributed by atoms with Crippen molar-refractivity contribution in [2.24, 2.45) is 5.92 Å². The zero-order valence-electron chi connectivity index (χ0n) is 8.93. The third-order valence-corrected chi connectivity index (χ3v) is 3.57. The maximum Gasteiger partial charge on any atom is 0.273 e. The van der Waals surface area contributed by atoms with E-state index < -0.39 is 0 Å². The van der Waals surface area contributed by atoms with E-state index in [-0.39, 0.29) is 12.5 Å². The van der Waals surface area contributed by atoms with Gasteiger partial charge in [0.1, 0.15) is 5.69 Å². The van der Waals surface area contributed by atoms with Gasteiger partial charge in [0.25, 0.3) is 5.91 Å². The van der Waals surface area contributed by atoms with Crippen LogP contribution in [0, 0.1) is 5.92 Å². The van der Waals surface area contributed by atoms with Crippen LogP contribution in [0.5, 0.6) is 0 Å². The van der Waals surface area contributed by atoms with Crippen LogP contribution in [0.15, 0.2) is 5.38 Å². The highest BCUT2D eigenvalue weighted by atomic mass is 32.1. The topological polar surface area (TPSA) is 79.5 Å². The molecule has 0 bridgehead atoms. The fourth-order valence-electron chi connectivity index (χ4n) is 1.87. The molecule has 0 atom stereocenters. The number of aromatic nitrogens is 1. The van der Waals surface area contributed by atoms with Gasteiger partial charge in [0.05, 0.1) is 0 Å². The Hall–Kier alpha value is -1.14. The van der Waals surface area contributed by atoms with Crippen molar-refractivity contribution in [1.29, 1.82) is 0 Å². The summed E-state index contributed by atoms with van der Waals surface area (Å²) in [5, 5.41) is 11.1. The summed E-state index contributed by atoms with van der Waals surface area (Å²) in [6.07, 6.45) is 1.73. The second kappa shape index (κ2) is 4.80. The number of aliphatic hydroxyl groups excluding tert-OH is 1. The van der Waals surface area contributed by atoms with E-state index >= 15 is 0 Å². The second-order valence-electron chi connectivity index (χ2n) is 3.99. The van der Waals surface area contributed by atoms with Crippen molar-refractivity contribution < 1.29 is 9.90 Å². The number of likely N-dealkylation sites (tertiary alicyclic amines) is 1. The Balaban J connectivity index is 1.96. The molecular weight excluding hydrogens is 226 g/mol. The van der Waals surface area contributed by atoms with E-state index in [1.54, 1.807) is 10.3 Å². The number of thiazole rings is 1. The van der Waals surface area contributed by atoms with Crippen LogP contribution >= 0.6 is 11.3 Å². The predicted octanol–water partition coefficient (Wildman–Crippen LogP) is 0.570. The molecule has 0 unspecified atom stereocenters. The Morgan fingerprint density at radius 1 is 1.62 bits per heavy atom. The van der Waals surface area contributed by atoms with Crippen LogP contribution in [0.4, 0.5) is 5.13 Å². The van der Waals surface area contributed by atoms with Crippen molar-refractivity contribution in [3.05, 3.63) is 11.1 Å². The zero-order chi connectivity index (χ0) is 11.5. The average molecular weight is 241 g/mol. The highest BCUT2D eigenvalue weighted by Gasteiger charge is 2.24. The molecule has 16 heavy (non-hydrogen) atoms. The Morgan fingerprint density at radius 3 is 2.81 bits per heavy atom. The molecule has 6 heteroatoms. The molecule has 1 fully saturated rings. The molecule has 1 amide bonds. The monoisotopic (exact) mass is 241 g/mol. The van der Waals surface area contributed by atoms with E-state index in [0.29, 0.717) is 29.8 Å². The van der Waals surface area contributed by atoms with Gasteiger partial charge >= 0.3 is 0 Å². The molecule has 2 rings (SSSR count). The number of nitrogens with two attached hydrogens (primary N) is 1. The number of nitrogens with zero attached hydrogens (tertiary/aromatic N) is 2. The molecule has 5 nitrogen and oxygen atoms in total. The number of rotatable bonds is 2. The number of carbonyl (C=O) groups is 1. The fourth-order valence-corrected chi connectivity index (χ4v) is 2.40. The molecule has 0 aliphatic carbocycles. The van der Waals surface area contributed by atoms with Crippen LogP contribution in [-0.4, -0.2) is 40.6 Å². The van der Waals surface area contributed by atoms with Gasteiger partial charge in [-0.05, 0) is 18.8 Å².